The van der Waals surface area contributed by atoms with E-state index in [-0.39, 0.29) is 0 Å². The van der Waals surface area contributed by atoms with Gasteiger partial charge < -0.3 is 9.30 Å². The van der Waals surface area contributed by atoms with Crippen LogP contribution in [-0.4, -0.2) is 11.2 Å². The number of benzene rings is 1. The summed E-state index contributed by atoms with van der Waals surface area (Å²) < 4.78 is 7.55. The van der Waals surface area contributed by atoms with Gasteiger partial charge in [-0.3, -0.25) is 0 Å². The zero-order valence-electron chi connectivity index (χ0n) is 8.96. The van der Waals surface area contributed by atoms with Crippen LogP contribution in [0, 0.1) is 0 Å². The van der Waals surface area contributed by atoms with Gasteiger partial charge in [-0.15, -0.1) is 0 Å². The number of hydrogen-bond acceptors (Lipinski definition) is 1. The Hall–Kier alpha value is -0.990. The molecule has 0 saturated carbocycles. The molecule has 0 aliphatic heterocycles. The smallest absolute Gasteiger partial charge is 0.0867 e. The Morgan fingerprint density at radius 3 is 2.87 bits per heavy atom. The van der Waals surface area contributed by atoms with E-state index >= 15 is 0 Å². The first-order valence-electron chi connectivity index (χ1n) is 5.04. The van der Waals surface area contributed by atoms with Crippen molar-refractivity contribution in [2.45, 2.75) is 13.5 Å². The molecule has 0 fully saturated rings. The summed E-state index contributed by atoms with van der Waals surface area (Å²) in [6.45, 7) is 3.39. The summed E-state index contributed by atoms with van der Waals surface area (Å²) in [5.74, 6) is 0. The second-order valence-corrected chi connectivity index (χ2v) is 3.97. The van der Waals surface area contributed by atoms with E-state index in [9.17, 15) is 0 Å². The van der Waals surface area contributed by atoms with Crippen molar-refractivity contribution < 1.29 is 4.74 Å². The molecular formula is C12H14ClNO. The van der Waals surface area contributed by atoms with Crippen LogP contribution in [0.15, 0.2) is 24.3 Å². The molecule has 0 aliphatic carbocycles. The van der Waals surface area contributed by atoms with Gasteiger partial charge in [-0.25, -0.2) is 0 Å². The van der Waals surface area contributed by atoms with Gasteiger partial charge in [0, 0.05) is 35.3 Å². The number of halogens is 1. The minimum absolute atomic E-state index is 0.652. The van der Waals surface area contributed by atoms with Gasteiger partial charge in [0.1, 0.15) is 0 Å². The number of aryl methyl sites for hydroxylation is 1. The van der Waals surface area contributed by atoms with Gasteiger partial charge in [0.15, 0.2) is 0 Å². The highest BCUT2D eigenvalue weighted by Crippen LogP contribution is 2.22. The van der Waals surface area contributed by atoms with Gasteiger partial charge >= 0.3 is 0 Å². The Labute approximate surface area is 94.4 Å². The summed E-state index contributed by atoms with van der Waals surface area (Å²) in [7, 11) is 2.05. The molecule has 0 aliphatic rings. The second kappa shape index (κ2) is 4.25. The lowest BCUT2D eigenvalue weighted by molar-refractivity contribution is 0.129. The molecule has 0 bridgehead atoms. The van der Waals surface area contributed by atoms with Gasteiger partial charge in [0.2, 0.25) is 0 Å². The molecule has 0 spiro atoms. The molecule has 1 aromatic heterocycles. The number of hydrogen-bond donors (Lipinski definition) is 0. The molecule has 0 saturated heterocycles. The third-order valence-electron chi connectivity index (χ3n) is 2.56. The molecule has 0 amide bonds. The minimum Gasteiger partial charge on any atom is -0.376 e. The summed E-state index contributed by atoms with van der Waals surface area (Å²) in [6.07, 6.45) is 0. The molecule has 0 radical (unpaired) electrons. The zero-order chi connectivity index (χ0) is 10.8. The van der Waals surface area contributed by atoms with E-state index in [1.54, 1.807) is 0 Å². The highest BCUT2D eigenvalue weighted by molar-refractivity contribution is 6.31. The molecule has 1 heterocycles. The molecule has 0 unspecified atom stereocenters. The monoisotopic (exact) mass is 223 g/mol. The van der Waals surface area contributed by atoms with E-state index in [1.165, 1.54) is 16.6 Å². The fourth-order valence-electron chi connectivity index (χ4n) is 1.72. The van der Waals surface area contributed by atoms with Crippen LogP contribution in [0.4, 0.5) is 0 Å². The van der Waals surface area contributed by atoms with Crippen LogP contribution in [0.1, 0.15) is 12.6 Å². The summed E-state index contributed by atoms with van der Waals surface area (Å²) in [5.41, 5.74) is 2.36. The van der Waals surface area contributed by atoms with Crippen LogP contribution >= 0.6 is 11.6 Å². The van der Waals surface area contributed by atoms with Crippen molar-refractivity contribution >= 4 is 22.5 Å². The van der Waals surface area contributed by atoms with Crippen LogP contribution < -0.4 is 0 Å². The molecule has 15 heavy (non-hydrogen) atoms. The molecule has 80 valence electrons. The Balaban J connectivity index is 2.44. The molecule has 2 rings (SSSR count). The first kappa shape index (κ1) is 10.5. The van der Waals surface area contributed by atoms with Crippen molar-refractivity contribution in [3.8, 4) is 0 Å². The molecule has 2 nitrogen and oxygen atoms in total. The lowest BCUT2D eigenvalue weighted by Gasteiger charge is -2.03. The highest BCUT2D eigenvalue weighted by Gasteiger charge is 2.05. The van der Waals surface area contributed by atoms with Gasteiger partial charge in [-0.1, -0.05) is 11.6 Å². The number of ether oxygens (including phenoxy) is 1. The summed E-state index contributed by atoms with van der Waals surface area (Å²) in [4.78, 5) is 0. The van der Waals surface area contributed by atoms with E-state index in [0.29, 0.717) is 6.61 Å². The maximum Gasteiger partial charge on any atom is 0.0867 e. The maximum absolute atomic E-state index is 5.94. The third kappa shape index (κ3) is 2.01. The normalized spacial score (nSPS) is 11.1. The number of fused-ring (bicyclic) bond motifs is 1. The summed E-state index contributed by atoms with van der Waals surface area (Å²) in [5, 5.41) is 1.94. The van der Waals surface area contributed by atoms with Crippen molar-refractivity contribution in [1.82, 2.24) is 4.57 Å². The predicted molar refractivity (Wildman–Crippen MR) is 63.3 cm³/mol. The Kier molecular flexibility index (Phi) is 2.98. The van der Waals surface area contributed by atoms with Gasteiger partial charge in [-0.05, 0) is 31.2 Å². The Morgan fingerprint density at radius 2 is 2.13 bits per heavy atom. The average Bonchev–Trinajstić information content (AvgIpc) is 2.52. The first-order valence-corrected chi connectivity index (χ1v) is 5.41. The minimum atomic E-state index is 0.652. The van der Waals surface area contributed by atoms with Crippen molar-refractivity contribution in [2.24, 2.45) is 7.05 Å². The molecule has 3 heteroatoms. The van der Waals surface area contributed by atoms with Gasteiger partial charge in [0.05, 0.1) is 6.61 Å². The quantitative estimate of drug-likeness (QED) is 0.778. The number of nitrogens with zero attached hydrogens (tertiary/aromatic N) is 1. The van der Waals surface area contributed by atoms with Crippen molar-refractivity contribution in [3.63, 3.8) is 0 Å². The Bertz CT molecular complexity index is 476. The van der Waals surface area contributed by atoms with Gasteiger partial charge in [-0.2, -0.15) is 0 Å². The van der Waals surface area contributed by atoms with Crippen LogP contribution in [0.5, 0.6) is 0 Å². The second-order valence-electron chi connectivity index (χ2n) is 3.53. The first-order chi connectivity index (χ1) is 7.22. The van der Waals surface area contributed by atoms with Crippen molar-refractivity contribution in [1.29, 1.82) is 0 Å². The van der Waals surface area contributed by atoms with Crippen LogP contribution in [0.3, 0.4) is 0 Å². The maximum atomic E-state index is 5.94. The SMILES string of the molecule is CCOCc1cc2cc(Cl)ccc2n1C. The summed E-state index contributed by atoms with van der Waals surface area (Å²) in [6, 6.07) is 8.05. The van der Waals surface area contributed by atoms with Crippen LogP contribution in [0.25, 0.3) is 10.9 Å². The van der Waals surface area contributed by atoms with E-state index < -0.39 is 0 Å². The molecule has 0 N–H and O–H groups in total. The largest absolute Gasteiger partial charge is 0.376 e. The van der Waals surface area contributed by atoms with E-state index in [1.807, 2.05) is 32.2 Å². The third-order valence-corrected chi connectivity index (χ3v) is 2.79. The van der Waals surface area contributed by atoms with E-state index in [0.717, 1.165) is 11.6 Å². The van der Waals surface area contributed by atoms with E-state index in [4.69, 9.17) is 16.3 Å². The lowest BCUT2D eigenvalue weighted by Crippen LogP contribution is -1.98. The summed E-state index contributed by atoms with van der Waals surface area (Å²) >= 11 is 5.94. The zero-order valence-corrected chi connectivity index (χ0v) is 9.71. The number of aromatic nitrogens is 1. The molecule has 0 atom stereocenters. The van der Waals surface area contributed by atoms with Crippen LogP contribution in [0.2, 0.25) is 5.02 Å². The predicted octanol–water partition coefficient (Wildman–Crippen LogP) is 3.37. The van der Waals surface area contributed by atoms with Crippen LogP contribution in [-0.2, 0) is 18.4 Å². The average molecular weight is 224 g/mol. The molecule has 1 aromatic carbocycles. The topological polar surface area (TPSA) is 14.2 Å². The fraction of sp³-hybridized carbons (Fsp3) is 0.333. The van der Waals surface area contributed by atoms with E-state index in [2.05, 4.69) is 10.6 Å². The standard InChI is InChI=1S/C12H14ClNO/c1-3-15-8-11-7-9-6-10(13)4-5-12(9)14(11)2/h4-7H,3,8H2,1-2H3. The Morgan fingerprint density at radius 1 is 1.33 bits per heavy atom. The lowest BCUT2D eigenvalue weighted by atomic mass is 10.2. The van der Waals surface area contributed by atoms with Crippen molar-refractivity contribution in [3.05, 3.63) is 35.0 Å². The van der Waals surface area contributed by atoms with Crippen molar-refractivity contribution in [2.75, 3.05) is 6.61 Å². The van der Waals surface area contributed by atoms with Gasteiger partial charge in [0.25, 0.3) is 0 Å². The fourth-order valence-corrected chi connectivity index (χ4v) is 1.90. The molecular weight excluding hydrogens is 210 g/mol. The molecule has 2 aromatic rings. The number of rotatable bonds is 3. The highest BCUT2D eigenvalue weighted by atomic mass is 35.5.